The molecule has 0 radical (unpaired) electrons. The third-order valence-electron chi connectivity index (χ3n) is 3.47. The van der Waals surface area contributed by atoms with Crippen molar-refractivity contribution in [2.75, 3.05) is 6.61 Å². The third kappa shape index (κ3) is 4.70. The Morgan fingerprint density at radius 2 is 1.63 bits per heavy atom. The third-order valence-corrected chi connectivity index (χ3v) is 3.47. The molecule has 7 nitrogen and oxygen atoms in total. The molecule has 1 aliphatic rings. The zero-order chi connectivity index (χ0) is 14.4. The molecule has 19 heavy (non-hydrogen) atoms. The van der Waals surface area contributed by atoms with Crippen molar-refractivity contribution < 1.29 is 30.3 Å². The predicted molar refractivity (Wildman–Crippen MR) is 66.1 cm³/mol. The van der Waals surface area contributed by atoms with Crippen LogP contribution in [0.5, 0.6) is 0 Å². The molecule has 0 aromatic rings. The zero-order valence-corrected chi connectivity index (χ0v) is 10.8. The molecule has 6 N–H and O–H groups in total. The molecule has 1 aliphatic carbocycles. The lowest BCUT2D eigenvalue weighted by Gasteiger charge is -2.28. The van der Waals surface area contributed by atoms with Gasteiger partial charge in [0, 0.05) is 6.04 Å². The van der Waals surface area contributed by atoms with Crippen LogP contribution in [0.25, 0.3) is 0 Å². The van der Waals surface area contributed by atoms with E-state index in [4.69, 9.17) is 10.2 Å². The normalized spacial score (nSPS) is 23.4. The van der Waals surface area contributed by atoms with Gasteiger partial charge in [-0.25, -0.2) is 0 Å². The van der Waals surface area contributed by atoms with Gasteiger partial charge in [-0.15, -0.1) is 0 Å². The van der Waals surface area contributed by atoms with Gasteiger partial charge in [0.05, 0.1) is 6.61 Å². The summed E-state index contributed by atoms with van der Waals surface area (Å²) < 4.78 is 0. The average Bonchev–Trinajstić information content (AvgIpc) is 2.44. The van der Waals surface area contributed by atoms with E-state index in [1.54, 1.807) is 0 Å². The van der Waals surface area contributed by atoms with Gasteiger partial charge < -0.3 is 30.8 Å². The quantitative estimate of drug-likeness (QED) is 0.329. The van der Waals surface area contributed by atoms with Gasteiger partial charge in [0.15, 0.2) is 6.10 Å². The van der Waals surface area contributed by atoms with Gasteiger partial charge in [0.25, 0.3) is 5.91 Å². The standard InChI is InChI=1S/C12H23NO6/c14-6-8(15)9(16)10(17)11(18)12(19)13-7-4-2-1-3-5-7/h7-11,14-18H,1-6H2,(H,13,19)/t8-,9-,10+,11+/m1/s1. The number of aliphatic hydroxyl groups is 5. The maximum Gasteiger partial charge on any atom is 0.251 e. The Kier molecular flexibility index (Phi) is 6.67. The lowest BCUT2D eigenvalue weighted by atomic mass is 9.95. The number of aliphatic hydroxyl groups excluding tert-OH is 5. The van der Waals surface area contributed by atoms with Crippen LogP contribution >= 0.6 is 0 Å². The van der Waals surface area contributed by atoms with E-state index in [2.05, 4.69) is 5.32 Å². The molecule has 1 rings (SSSR count). The van der Waals surface area contributed by atoms with Crippen LogP contribution in [-0.4, -0.2) is 68.5 Å². The van der Waals surface area contributed by atoms with Gasteiger partial charge in [-0.2, -0.15) is 0 Å². The highest BCUT2D eigenvalue weighted by molar-refractivity contribution is 5.81. The van der Waals surface area contributed by atoms with Crippen LogP contribution in [0.1, 0.15) is 32.1 Å². The molecule has 0 spiro atoms. The minimum Gasteiger partial charge on any atom is -0.394 e. The molecule has 1 fully saturated rings. The molecule has 0 aromatic heterocycles. The zero-order valence-electron chi connectivity index (χ0n) is 10.8. The number of nitrogens with one attached hydrogen (secondary N) is 1. The molecule has 0 aliphatic heterocycles. The van der Waals surface area contributed by atoms with Crippen molar-refractivity contribution in [3.63, 3.8) is 0 Å². The Hall–Kier alpha value is -0.730. The van der Waals surface area contributed by atoms with Crippen LogP contribution in [0.15, 0.2) is 0 Å². The lowest BCUT2D eigenvalue weighted by molar-refractivity contribution is -0.149. The topological polar surface area (TPSA) is 130 Å². The highest BCUT2D eigenvalue weighted by atomic mass is 16.4. The molecule has 0 heterocycles. The molecular formula is C12H23NO6. The van der Waals surface area contributed by atoms with Crippen LogP contribution in [0.2, 0.25) is 0 Å². The molecule has 112 valence electrons. The summed E-state index contributed by atoms with van der Waals surface area (Å²) >= 11 is 0. The van der Waals surface area contributed by atoms with Crippen LogP contribution < -0.4 is 5.32 Å². The second-order valence-electron chi connectivity index (χ2n) is 5.02. The highest BCUT2D eigenvalue weighted by Crippen LogP contribution is 2.17. The van der Waals surface area contributed by atoms with Crippen molar-refractivity contribution in [1.82, 2.24) is 5.32 Å². The van der Waals surface area contributed by atoms with Crippen LogP contribution in [-0.2, 0) is 4.79 Å². The molecule has 0 saturated heterocycles. The van der Waals surface area contributed by atoms with Crippen molar-refractivity contribution >= 4 is 5.91 Å². The number of rotatable bonds is 6. The first-order chi connectivity index (χ1) is 8.97. The summed E-state index contributed by atoms with van der Waals surface area (Å²) in [4.78, 5) is 11.7. The summed E-state index contributed by atoms with van der Waals surface area (Å²) in [6, 6.07) is -0.0250. The first-order valence-electron chi connectivity index (χ1n) is 6.61. The molecular weight excluding hydrogens is 254 g/mol. The molecule has 0 unspecified atom stereocenters. The number of hydrogen-bond donors (Lipinski definition) is 6. The Balaban J connectivity index is 2.46. The summed E-state index contributed by atoms with van der Waals surface area (Å²) in [5.74, 6) is -0.774. The first kappa shape index (κ1) is 16.3. The smallest absolute Gasteiger partial charge is 0.251 e. The molecule has 1 amide bonds. The van der Waals surface area contributed by atoms with Gasteiger partial charge in [0.2, 0.25) is 0 Å². The summed E-state index contributed by atoms with van der Waals surface area (Å²) in [7, 11) is 0. The number of amides is 1. The van der Waals surface area contributed by atoms with Crippen molar-refractivity contribution in [2.24, 2.45) is 0 Å². The highest BCUT2D eigenvalue weighted by Gasteiger charge is 2.34. The van der Waals surface area contributed by atoms with E-state index in [9.17, 15) is 20.1 Å². The largest absolute Gasteiger partial charge is 0.394 e. The van der Waals surface area contributed by atoms with Crippen molar-refractivity contribution in [3.8, 4) is 0 Å². The fourth-order valence-electron chi connectivity index (χ4n) is 2.21. The number of carbonyl (C=O) groups is 1. The van der Waals surface area contributed by atoms with E-state index in [-0.39, 0.29) is 6.04 Å². The van der Waals surface area contributed by atoms with Crippen LogP contribution in [0.4, 0.5) is 0 Å². The van der Waals surface area contributed by atoms with Gasteiger partial charge in [0.1, 0.15) is 18.3 Å². The molecule has 7 heteroatoms. The van der Waals surface area contributed by atoms with E-state index >= 15 is 0 Å². The van der Waals surface area contributed by atoms with Gasteiger partial charge in [-0.05, 0) is 12.8 Å². The summed E-state index contributed by atoms with van der Waals surface area (Å²) in [6.07, 6.45) is -2.26. The fourth-order valence-corrected chi connectivity index (χ4v) is 2.21. The molecule has 1 saturated carbocycles. The van der Waals surface area contributed by atoms with E-state index in [0.717, 1.165) is 32.1 Å². The second-order valence-corrected chi connectivity index (χ2v) is 5.02. The lowest BCUT2D eigenvalue weighted by Crippen LogP contribution is -2.53. The Morgan fingerprint density at radius 3 is 2.16 bits per heavy atom. The Morgan fingerprint density at radius 1 is 1.05 bits per heavy atom. The number of carbonyl (C=O) groups excluding carboxylic acids is 1. The minimum atomic E-state index is -1.84. The molecule has 0 aromatic carbocycles. The van der Waals surface area contributed by atoms with Crippen LogP contribution in [0.3, 0.4) is 0 Å². The summed E-state index contributed by atoms with van der Waals surface area (Å²) in [6.45, 7) is -0.769. The summed E-state index contributed by atoms with van der Waals surface area (Å²) in [5.41, 5.74) is 0. The van der Waals surface area contributed by atoms with Gasteiger partial charge in [-0.1, -0.05) is 19.3 Å². The summed E-state index contributed by atoms with van der Waals surface area (Å²) in [5, 5.41) is 49.0. The van der Waals surface area contributed by atoms with E-state index < -0.39 is 36.9 Å². The van der Waals surface area contributed by atoms with Gasteiger partial charge in [-0.3, -0.25) is 4.79 Å². The Labute approximate surface area is 111 Å². The van der Waals surface area contributed by atoms with E-state index in [0.29, 0.717) is 0 Å². The first-order valence-corrected chi connectivity index (χ1v) is 6.61. The maximum atomic E-state index is 11.7. The predicted octanol–water partition coefficient (Wildman–Crippen LogP) is -2.13. The average molecular weight is 277 g/mol. The molecule has 4 atom stereocenters. The second kappa shape index (κ2) is 7.76. The SMILES string of the molecule is O=C(NC1CCCCC1)[C@@H](O)[C@@H](O)[C@H](O)[C@H](O)CO. The number of hydrogen-bond acceptors (Lipinski definition) is 6. The monoisotopic (exact) mass is 277 g/mol. The Bertz CT molecular complexity index is 281. The van der Waals surface area contributed by atoms with E-state index in [1.807, 2.05) is 0 Å². The van der Waals surface area contributed by atoms with Crippen LogP contribution in [0, 0.1) is 0 Å². The van der Waals surface area contributed by atoms with Crippen molar-refractivity contribution in [2.45, 2.75) is 62.6 Å². The van der Waals surface area contributed by atoms with E-state index in [1.165, 1.54) is 0 Å². The maximum absolute atomic E-state index is 11.7. The fraction of sp³-hybridized carbons (Fsp3) is 0.917. The molecule has 0 bridgehead atoms. The minimum absolute atomic E-state index is 0.0250. The van der Waals surface area contributed by atoms with Gasteiger partial charge >= 0.3 is 0 Å². The van der Waals surface area contributed by atoms with Crippen molar-refractivity contribution in [1.29, 1.82) is 0 Å². The van der Waals surface area contributed by atoms with Crippen molar-refractivity contribution in [3.05, 3.63) is 0 Å².